The second kappa shape index (κ2) is 5.64. The predicted octanol–water partition coefficient (Wildman–Crippen LogP) is 3.47. The van der Waals surface area contributed by atoms with Crippen molar-refractivity contribution in [2.75, 3.05) is 13.1 Å². The van der Waals surface area contributed by atoms with Gasteiger partial charge in [-0.3, -0.25) is 4.90 Å². The monoisotopic (exact) mass is 260 g/mol. The van der Waals surface area contributed by atoms with E-state index in [1.165, 1.54) is 30.5 Å². The number of rotatable bonds is 3. The van der Waals surface area contributed by atoms with Gasteiger partial charge in [0.25, 0.3) is 0 Å². The summed E-state index contributed by atoms with van der Waals surface area (Å²) in [6.45, 7) is 11.2. The van der Waals surface area contributed by atoms with Gasteiger partial charge in [0, 0.05) is 18.6 Å². The fourth-order valence-corrected chi connectivity index (χ4v) is 2.85. The fourth-order valence-electron chi connectivity index (χ4n) is 2.85. The highest BCUT2D eigenvalue weighted by Crippen LogP contribution is 2.25. The first-order valence-corrected chi connectivity index (χ1v) is 7.48. The number of hydrogen-bond acceptors (Lipinski definition) is 2. The molecule has 106 valence electrons. The lowest BCUT2D eigenvalue weighted by Gasteiger charge is -2.25. The number of hydrogen-bond donors (Lipinski definition) is 1. The van der Waals surface area contributed by atoms with Gasteiger partial charge in [0.05, 0.1) is 0 Å². The summed E-state index contributed by atoms with van der Waals surface area (Å²) in [6.07, 6.45) is 2.63. The standard InChI is InChI=1S/C17H28N2/c1-13-6-5-11-19(13)12-16(18)14-7-9-15(10-8-14)17(2,3)4/h7-10,13,16H,5-6,11-12,18H2,1-4H3. The molecule has 1 aliphatic rings. The van der Waals surface area contributed by atoms with Crippen molar-refractivity contribution in [2.24, 2.45) is 5.73 Å². The van der Waals surface area contributed by atoms with E-state index in [9.17, 15) is 0 Å². The largest absolute Gasteiger partial charge is 0.323 e. The van der Waals surface area contributed by atoms with Crippen molar-refractivity contribution in [3.8, 4) is 0 Å². The molecule has 1 saturated heterocycles. The molecule has 19 heavy (non-hydrogen) atoms. The summed E-state index contributed by atoms with van der Waals surface area (Å²) < 4.78 is 0. The number of nitrogens with zero attached hydrogens (tertiary/aromatic N) is 1. The summed E-state index contributed by atoms with van der Waals surface area (Å²) in [7, 11) is 0. The number of likely N-dealkylation sites (tertiary alicyclic amines) is 1. The minimum atomic E-state index is 0.134. The molecular weight excluding hydrogens is 232 g/mol. The molecule has 0 saturated carbocycles. The Morgan fingerprint density at radius 3 is 2.37 bits per heavy atom. The first-order valence-electron chi connectivity index (χ1n) is 7.48. The van der Waals surface area contributed by atoms with Gasteiger partial charge in [0.2, 0.25) is 0 Å². The van der Waals surface area contributed by atoms with Crippen LogP contribution in [0.5, 0.6) is 0 Å². The van der Waals surface area contributed by atoms with Crippen LogP contribution < -0.4 is 5.73 Å². The van der Waals surface area contributed by atoms with Gasteiger partial charge in [-0.05, 0) is 42.9 Å². The molecule has 0 aromatic heterocycles. The average molecular weight is 260 g/mol. The summed E-state index contributed by atoms with van der Waals surface area (Å²) in [5.74, 6) is 0. The van der Waals surface area contributed by atoms with Crippen molar-refractivity contribution in [3.05, 3.63) is 35.4 Å². The van der Waals surface area contributed by atoms with E-state index in [2.05, 4.69) is 56.9 Å². The third-order valence-corrected chi connectivity index (χ3v) is 4.33. The highest BCUT2D eigenvalue weighted by Gasteiger charge is 2.22. The van der Waals surface area contributed by atoms with Crippen LogP contribution >= 0.6 is 0 Å². The van der Waals surface area contributed by atoms with Gasteiger partial charge in [-0.2, -0.15) is 0 Å². The molecule has 0 spiro atoms. The van der Waals surface area contributed by atoms with Gasteiger partial charge in [0.15, 0.2) is 0 Å². The lowest BCUT2D eigenvalue weighted by atomic mass is 9.86. The summed E-state index contributed by atoms with van der Waals surface area (Å²) in [6, 6.07) is 9.68. The van der Waals surface area contributed by atoms with Crippen molar-refractivity contribution in [3.63, 3.8) is 0 Å². The summed E-state index contributed by atoms with van der Waals surface area (Å²) in [5, 5.41) is 0. The molecule has 1 fully saturated rings. The Hall–Kier alpha value is -0.860. The summed E-state index contributed by atoms with van der Waals surface area (Å²) in [4.78, 5) is 2.52. The topological polar surface area (TPSA) is 29.3 Å². The van der Waals surface area contributed by atoms with Crippen LogP contribution in [0.15, 0.2) is 24.3 Å². The van der Waals surface area contributed by atoms with Gasteiger partial charge >= 0.3 is 0 Å². The van der Waals surface area contributed by atoms with Crippen molar-refractivity contribution >= 4 is 0 Å². The van der Waals surface area contributed by atoms with Crippen molar-refractivity contribution < 1.29 is 0 Å². The molecule has 2 unspecified atom stereocenters. The second-order valence-corrected chi connectivity index (χ2v) is 6.96. The highest BCUT2D eigenvalue weighted by atomic mass is 15.2. The zero-order valence-corrected chi connectivity index (χ0v) is 12.8. The Morgan fingerprint density at radius 2 is 1.89 bits per heavy atom. The van der Waals surface area contributed by atoms with E-state index in [0.29, 0.717) is 6.04 Å². The summed E-state index contributed by atoms with van der Waals surface area (Å²) in [5.41, 5.74) is 9.20. The average Bonchev–Trinajstić information content (AvgIpc) is 2.74. The van der Waals surface area contributed by atoms with Gasteiger partial charge < -0.3 is 5.73 Å². The van der Waals surface area contributed by atoms with E-state index in [1.54, 1.807) is 0 Å². The van der Waals surface area contributed by atoms with Crippen LogP contribution in [0.4, 0.5) is 0 Å². The second-order valence-electron chi connectivity index (χ2n) is 6.96. The minimum absolute atomic E-state index is 0.134. The zero-order valence-electron chi connectivity index (χ0n) is 12.8. The molecule has 2 heteroatoms. The van der Waals surface area contributed by atoms with Crippen molar-refractivity contribution in [1.29, 1.82) is 0 Å². The van der Waals surface area contributed by atoms with Crippen LogP contribution in [-0.4, -0.2) is 24.0 Å². The van der Waals surface area contributed by atoms with Crippen LogP contribution in [0.2, 0.25) is 0 Å². The first-order chi connectivity index (χ1) is 8.88. The lowest BCUT2D eigenvalue weighted by molar-refractivity contribution is 0.252. The Balaban J connectivity index is 2.01. The molecule has 2 nitrogen and oxygen atoms in total. The third-order valence-electron chi connectivity index (χ3n) is 4.33. The predicted molar refractivity (Wildman–Crippen MR) is 82.3 cm³/mol. The van der Waals surface area contributed by atoms with Crippen LogP contribution in [0.3, 0.4) is 0 Å². The Labute approximate surface area is 118 Å². The molecule has 0 amide bonds. The smallest absolute Gasteiger partial charge is 0.0424 e. The van der Waals surface area contributed by atoms with Crippen molar-refractivity contribution in [1.82, 2.24) is 4.90 Å². The van der Waals surface area contributed by atoms with Gasteiger partial charge in [0.1, 0.15) is 0 Å². The van der Waals surface area contributed by atoms with Gasteiger partial charge in [-0.1, -0.05) is 45.0 Å². The quantitative estimate of drug-likeness (QED) is 0.901. The van der Waals surface area contributed by atoms with Crippen LogP contribution in [0.25, 0.3) is 0 Å². The maximum atomic E-state index is 6.35. The molecule has 0 bridgehead atoms. The molecule has 1 heterocycles. The van der Waals surface area contributed by atoms with E-state index in [4.69, 9.17) is 5.73 Å². The molecule has 2 rings (SSSR count). The molecule has 2 N–H and O–H groups in total. The van der Waals surface area contributed by atoms with Crippen LogP contribution in [0, 0.1) is 0 Å². The fraction of sp³-hybridized carbons (Fsp3) is 0.647. The van der Waals surface area contributed by atoms with E-state index >= 15 is 0 Å². The van der Waals surface area contributed by atoms with Gasteiger partial charge in [-0.15, -0.1) is 0 Å². The lowest BCUT2D eigenvalue weighted by Crippen LogP contribution is -2.34. The molecular formula is C17H28N2. The molecule has 0 aliphatic carbocycles. The highest BCUT2D eigenvalue weighted by molar-refractivity contribution is 5.29. The van der Waals surface area contributed by atoms with Crippen molar-refractivity contribution in [2.45, 2.75) is 58.0 Å². The third kappa shape index (κ3) is 3.58. The Morgan fingerprint density at radius 1 is 1.26 bits per heavy atom. The van der Waals surface area contributed by atoms with Gasteiger partial charge in [-0.25, -0.2) is 0 Å². The Bertz CT molecular complexity index is 402. The van der Waals surface area contributed by atoms with Crippen LogP contribution in [-0.2, 0) is 5.41 Å². The SMILES string of the molecule is CC1CCCN1CC(N)c1ccc(C(C)(C)C)cc1. The number of nitrogens with two attached hydrogens (primary N) is 1. The van der Waals surface area contributed by atoms with E-state index in [1.807, 2.05) is 0 Å². The maximum absolute atomic E-state index is 6.35. The maximum Gasteiger partial charge on any atom is 0.0424 e. The van der Waals surface area contributed by atoms with Crippen LogP contribution in [0.1, 0.15) is 57.7 Å². The normalized spacial score (nSPS) is 22.7. The molecule has 1 aliphatic heterocycles. The first kappa shape index (κ1) is 14.5. The minimum Gasteiger partial charge on any atom is -0.323 e. The molecule has 2 atom stereocenters. The molecule has 1 aromatic carbocycles. The summed E-state index contributed by atoms with van der Waals surface area (Å²) >= 11 is 0. The number of benzene rings is 1. The van der Waals surface area contributed by atoms with E-state index in [-0.39, 0.29) is 11.5 Å². The van der Waals surface area contributed by atoms with E-state index < -0.39 is 0 Å². The molecule has 1 aromatic rings. The van der Waals surface area contributed by atoms with E-state index in [0.717, 1.165) is 6.54 Å². The Kier molecular flexibility index (Phi) is 4.32. The zero-order chi connectivity index (χ0) is 14.0. The molecule has 0 radical (unpaired) electrons.